The first kappa shape index (κ1) is 22.7. The minimum atomic E-state index is -0.261. The van der Waals surface area contributed by atoms with Crippen LogP contribution in [0, 0.1) is 5.82 Å². The molecule has 1 amide bonds. The average molecular weight is 450 g/mol. The Morgan fingerprint density at radius 2 is 1.88 bits per heavy atom. The number of rotatable bonds is 7. The van der Waals surface area contributed by atoms with E-state index in [1.54, 1.807) is 19.2 Å². The summed E-state index contributed by atoms with van der Waals surface area (Å²) >= 11 is 0. The molecule has 1 aliphatic rings. The van der Waals surface area contributed by atoms with Crippen molar-refractivity contribution in [1.82, 2.24) is 20.4 Å². The SMILES string of the molecule is COc1cccc(-c2ccc(N3CCCN(C(=O)CNCc4ccc(F)cc4)CC3)nn2)c1. The van der Waals surface area contributed by atoms with Gasteiger partial charge >= 0.3 is 0 Å². The molecule has 7 nitrogen and oxygen atoms in total. The highest BCUT2D eigenvalue weighted by Crippen LogP contribution is 2.23. The number of carbonyl (C=O) groups excluding carboxylic acids is 1. The third-order valence-electron chi connectivity index (χ3n) is 5.71. The molecule has 2 heterocycles. The molecule has 0 unspecified atom stereocenters. The van der Waals surface area contributed by atoms with Gasteiger partial charge < -0.3 is 19.9 Å². The molecule has 0 saturated carbocycles. The van der Waals surface area contributed by atoms with Gasteiger partial charge in [0.2, 0.25) is 5.91 Å². The Morgan fingerprint density at radius 3 is 2.64 bits per heavy atom. The van der Waals surface area contributed by atoms with Crippen LogP contribution in [0.5, 0.6) is 5.75 Å². The van der Waals surface area contributed by atoms with E-state index in [-0.39, 0.29) is 18.3 Å². The van der Waals surface area contributed by atoms with Crippen molar-refractivity contribution < 1.29 is 13.9 Å². The first-order chi connectivity index (χ1) is 16.1. The summed E-state index contributed by atoms with van der Waals surface area (Å²) in [6.45, 7) is 3.66. The van der Waals surface area contributed by atoms with Crippen LogP contribution in [0.15, 0.2) is 60.7 Å². The molecular weight excluding hydrogens is 421 g/mol. The Balaban J connectivity index is 1.29. The Kier molecular flexibility index (Phi) is 7.47. The van der Waals surface area contributed by atoms with Crippen molar-refractivity contribution >= 4 is 11.7 Å². The van der Waals surface area contributed by atoms with Crippen molar-refractivity contribution in [3.8, 4) is 17.0 Å². The lowest BCUT2D eigenvalue weighted by Crippen LogP contribution is -2.40. The summed E-state index contributed by atoms with van der Waals surface area (Å²) in [4.78, 5) is 16.7. The second-order valence-corrected chi connectivity index (χ2v) is 7.96. The number of ether oxygens (including phenoxy) is 1. The number of anilines is 1. The van der Waals surface area contributed by atoms with E-state index in [1.165, 1.54) is 12.1 Å². The second-order valence-electron chi connectivity index (χ2n) is 7.96. The molecular formula is C25H28FN5O2. The number of nitrogens with one attached hydrogen (secondary N) is 1. The topological polar surface area (TPSA) is 70.6 Å². The first-order valence-electron chi connectivity index (χ1n) is 11.1. The summed E-state index contributed by atoms with van der Waals surface area (Å²) < 4.78 is 18.3. The quantitative estimate of drug-likeness (QED) is 0.598. The Bertz CT molecular complexity index is 1060. The molecule has 0 bridgehead atoms. The predicted octanol–water partition coefficient (Wildman–Crippen LogP) is 3.12. The van der Waals surface area contributed by atoms with Crippen molar-refractivity contribution in [3.63, 3.8) is 0 Å². The van der Waals surface area contributed by atoms with Crippen LogP contribution in [0.3, 0.4) is 0 Å². The molecule has 1 aromatic heterocycles. The summed E-state index contributed by atoms with van der Waals surface area (Å²) in [5, 5.41) is 12.0. The van der Waals surface area contributed by atoms with E-state index in [9.17, 15) is 9.18 Å². The largest absolute Gasteiger partial charge is 0.497 e. The normalized spacial score (nSPS) is 14.1. The van der Waals surface area contributed by atoms with Gasteiger partial charge in [0.25, 0.3) is 0 Å². The number of halogens is 1. The summed E-state index contributed by atoms with van der Waals surface area (Å²) in [5.41, 5.74) is 2.69. The van der Waals surface area contributed by atoms with E-state index in [0.717, 1.165) is 41.4 Å². The number of benzene rings is 2. The van der Waals surface area contributed by atoms with Crippen LogP contribution in [-0.2, 0) is 11.3 Å². The average Bonchev–Trinajstić information content (AvgIpc) is 3.12. The molecule has 33 heavy (non-hydrogen) atoms. The molecule has 0 spiro atoms. The van der Waals surface area contributed by atoms with E-state index in [0.29, 0.717) is 26.2 Å². The summed E-state index contributed by atoms with van der Waals surface area (Å²) in [5.74, 6) is 1.40. The number of aromatic nitrogens is 2. The number of methoxy groups -OCH3 is 1. The van der Waals surface area contributed by atoms with Crippen LogP contribution in [0.1, 0.15) is 12.0 Å². The van der Waals surface area contributed by atoms with E-state index < -0.39 is 0 Å². The van der Waals surface area contributed by atoms with Gasteiger partial charge in [0.05, 0.1) is 19.3 Å². The highest BCUT2D eigenvalue weighted by Gasteiger charge is 2.20. The van der Waals surface area contributed by atoms with Gasteiger partial charge in [-0.2, -0.15) is 0 Å². The first-order valence-corrected chi connectivity index (χ1v) is 11.1. The zero-order valence-electron chi connectivity index (χ0n) is 18.7. The molecule has 0 atom stereocenters. The number of hydrogen-bond acceptors (Lipinski definition) is 6. The molecule has 172 valence electrons. The molecule has 1 aliphatic heterocycles. The Morgan fingerprint density at radius 1 is 1.03 bits per heavy atom. The zero-order chi connectivity index (χ0) is 23.0. The van der Waals surface area contributed by atoms with Gasteiger partial charge in [0.1, 0.15) is 11.6 Å². The Labute approximate surface area is 193 Å². The maximum Gasteiger partial charge on any atom is 0.236 e. The van der Waals surface area contributed by atoms with Gasteiger partial charge in [-0.05, 0) is 48.4 Å². The Hall–Kier alpha value is -3.52. The molecule has 1 N–H and O–H groups in total. The van der Waals surface area contributed by atoms with Crippen molar-refractivity contribution in [2.24, 2.45) is 0 Å². The minimum absolute atomic E-state index is 0.0680. The van der Waals surface area contributed by atoms with Gasteiger partial charge in [-0.3, -0.25) is 4.79 Å². The van der Waals surface area contributed by atoms with Gasteiger partial charge in [0, 0.05) is 38.3 Å². The molecule has 3 aromatic rings. The fraction of sp³-hybridized carbons (Fsp3) is 0.320. The fourth-order valence-corrected chi connectivity index (χ4v) is 3.85. The van der Waals surface area contributed by atoms with Crippen molar-refractivity contribution in [2.75, 3.05) is 44.7 Å². The fourth-order valence-electron chi connectivity index (χ4n) is 3.85. The third-order valence-corrected chi connectivity index (χ3v) is 5.71. The van der Waals surface area contributed by atoms with E-state index in [1.807, 2.05) is 41.3 Å². The molecule has 0 radical (unpaired) electrons. The smallest absolute Gasteiger partial charge is 0.236 e. The van der Waals surface area contributed by atoms with E-state index in [2.05, 4.69) is 20.4 Å². The highest BCUT2D eigenvalue weighted by atomic mass is 19.1. The van der Waals surface area contributed by atoms with Gasteiger partial charge in [0.15, 0.2) is 5.82 Å². The maximum absolute atomic E-state index is 13.0. The molecule has 1 saturated heterocycles. The minimum Gasteiger partial charge on any atom is -0.497 e. The monoisotopic (exact) mass is 449 g/mol. The van der Waals surface area contributed by atoms with Crippen molar-refractivity contribution in [3.05, 3.63) is 72.0 Å². The van der Waals surface area contributed by atoms with Crippen LogP contribution in [0.25, 0.3) is 11.3 Å². The van der Waals surface area contributed by atoms with E-state index >= 15 is 0 Å². The third kappa shape index (κ3) is 6.04. The number of nitrogens with zero attached hydrogens (tertiary/aromatic N) is 4. The van der Waals surface area contributed by atoms with Gasteiger partial charge in [-0.15, -0.1) is 10.2 Å². The van der Waals surface area contributed by atoms with Crippen LogP contribution >= 0.6 is 0 Å². The lowest BCUT2D eigenvalue weighted by atomic mass is 10.1. The molecule has 8 heteroatoms. The molecule has 2 aromatic carbocycles. The van der Waals surface area contributed by atoms with Crippen LogP contribution in [-0.4, -0.2) is 60.8 Å². The summed E-state index contributed by atoms with van der Waals surface area (Å²) in [6, 6.07) is 18.0. The predicted molar refractivity (Wildman–Crippen MR) is 126 cm³/mol. The van der Waals surface area contributed by atoms with Crippen LogP contribution in [0.2, 0.25) is 0 Å². The highest BCUT2D eigenvalue weighted by molar-refractivity contribution is 5.78. The van der Waals surface area contributed by atoms with Crippen LogP contribution < -0.4 is 15.0 Å². The lowest BCUT2D eigenvalue weighted by Gasteiger charge is -2.22. The van der Waals surface area contributed by atoms with Crippen molar-refractivity contribution in [2.45, 2.75) is 13.0 Å². The van der Waals surface area contributed by atoms with Gasteiger partial charge in [-0.1, -0.05) is 24.3 Å². The second kappa shape index (κ2) is 10.9. The van der Waals surface area contributed by atoms with Crippen molar-refractivity contribution in [1.29, 1.82) is 0 Å². The number of carbonyl (C=O) groups is 1. The standard InChI is InChI=1S/C25H28FN5O2/c1-33-22-5-2-4-20(16-22)23-10-11-24(29-28-23)30-12-3-13-31(15-14-30)25(32)18-27-17-19-6-8-21(26)9-7-19/h2,4-11,16,27H,3,12-15,17-18H2,1H3. The number of hydrogen-bond donors (Lipinski definition) is 1. The van der Waals surface area contributed by atoms with Crippen LogP contribution in [0.4, 0.5) is 10.2 Å². The summed E-state index contributed by atoms with van der Waals surface area (Å²) in [6.07, 6.45) is 0.864. The lowest BCUT2D eigenvalue weighted by molar-refractivity contribution is -0.130. The molecule has 4 rings (SSSR count). The number of amides is 1. The zero-order valence-corrected chi connectivity index (χ0v) is 18.7. The summed E-state index contributed by atoms with van der Waals surface area (Å²) in [7, 11) is 1.64. The van der Waals surface area contributed by atoms with E-state index in [4.69, 9.17) is 4.74 Å². The molecule has 0 aliphatic carbocycles. The molecule has 1 fully saturated rings. The maximum atomic E-state index is 13.0. The van der Waals surface area contributed by atoms with Gasteiger partial charge in [-0.25, -0.2) is 4.39 Å².